The van der Waals surface area contributed by atoms with Crippen molar-refractivity contribution in [3.8, 4) is 11.5 Å². The maximum absolute atomic E-state index is 14.0. The van der Waals surface area contributed by atoms with E-state index in [1.54, 1.807) is 74.7 Å². The SMILES string of the molecule is COc1ccc(S(=O)(=O)N(CC(=O)N(Cc2cccc(OC)c2)[C@@H](C)C(=O)NC(C)(C)C)c2ccccc2)cc1. The molecule has 0 heterocycles. The Morgan fingerprint density at radius 3 is 2.08 bits per heavy atom. The number of amides is 2. The highest BCUT2D eigenvalue weighted by Gasteiger charge is 2.33. The highest BCUT2D eigenvalue weighted by atomic mass is 32.2. The van der Waals surface area contributed by atoms with Crippen LogP contribution in [0.15, 0.2) is 83.8 Å². The molecular formula is C30H37N3O6S. The van der Waals surface area contributed by atoms with Crippen molar-refractivity contribution in [2.75, 3.05) is 25.1 Å². The van der Waals surface area contributed by atoms with Crippen LogP contribution in [0.2, 0.25) is 0 Å². The van der Waals surface area contributed by atoms with Gasteiger partial charge in [0.25, 0.3) is 10.0 Å². The Labute approximate surface area is 236 Å². The van der Waals surface area contributed by atoms with Crippen LogP contribution in [0, 0.1) is 0 Å². The molecule has 0 spiro atoms. The maximum atomic E-state index is 14.0. The van der Waals surface area contributed by atoms with Crippen molar-refractivity contribution in [1.82, 2.24) is 10.2 Å². The molecule has 0 saturated carbocycles. The molecule has 0 fully saturated rings. The van der Waals surface area contributed by atoms with E-state index >= 15 is 0 Å². The zero-order valence-corrected chi connectivity index (χ0v) is 24.6. The van der Waals surface area contributed by atoms with Gasteiger partial charge in [-0.25, -0.2) is 8.42 Å². The molecule has 214 valence electrons. The Bertz CT molecular complexity index is 1400. The average molecular weight is 568 g/mol. The predicted molar refractivity (Wildman–Crippen MR) is 155 cm³/mol. The number of carbonyl (C=O) groups is 2. The molecule has 9 nitrogen and oxygen atoms in total. The van der Waals surface area contributed by atoms with Crippen molar-refractivity contribution in [3.05, 3.63) is 84.4 Å². The average Bonchev–Trinajstić information content (AvgIpc) is 2.93. The molecule has 40 heavy (non-hydrogen) atoms. The summed E-state index contributed by atoms with van der Waals surface area (Å²) < 4.78 is 39.2. The minimum absolute atomic E-state index is 0.00261. The molecule has 10 heteroatoms. The van der Waals surface area contributed by atoms with Gasteiger partial charge in [0.05, 0.1) is 24.8 Å². The van der Waals surface area contributed by atoms with Crippen LogP contribution < -0.4 is 19.1 Å². The smallest absolute Gasteiger partial charge is 0.264 e. The first-order valence-corrected chi connectivity index (χ1v) is 14.3. The van der Waals surface area contributed by atoms with Crippen LogP contribution in [-0.2, 0) is 26.2 Å². The Morgan fingerprint density at radius 1 is 0.875 bits per heavy atom. The first kappa shape index (κ1) is 30.5. The van der Waals surface area contributed by atoms with Gasteiger partial charge in [-0.2, -0.15) is 0 Å². The highest BCUT2D eigenvalue weighted by molar-refractivity contribution is 7.92. The summed E-state index contributed by atoms with van der Waals surface area (Å²) in [7, 11) is -1.12. The number of para-hydroxylation sites is 1. The molecule has 3 aromatic carbocycles. The molecule has 3 rings (SSSR count). The van der Waals surface area contributed by atoms with Crippen molar-refractivity contribution in [1.29, 1.82) is 0 Å². The number of methoxy groups -OCH3 is 2. The van der Waals surface area contributed by atoms with Crippen LogP contribution >= 0.6 is 0 Å². The van der Waals surface area contributed by atoms with E-state index in [0.717, 1.165) is 9.87 Å². The lowest BCUT2D eigenvalue weighted by Crippen LogP contribution is -2.54. The molecule has 0 radical (unpaired) electrons. The van der Waals surface area contributed by atoms with E-state index in [9.17, 15) is 18.0 Å². The Hall–Kier alpha value is -4.05. The number of nitrogens with zero attached hydrogens (tertiary/aromatic N) is 2. The zero-order valence-electron chi connectivity index (χ0n) is 23.7. The molecule has 0 unspecified atom stereocenters. The van der Waals surface area contributed by atoms with Crippen molar-refractivity contribution < 1.29 is 27.5 Å². The minimum atomic E-state index is -4.16. The molecule has 0 aliphatic rings. The van der Waals surface area contributed by atoms with E-state index in [1.807, 2.05) is 26.8 Å². The molecule has 3 aromatic rings. The van der Waals surface area contributed by atoms with Gasteiger partial charge in [-0.15, -0.1) is 0 Å². The van der Waals surface area contributed by atoms with E-state index in [4.69, 9.17) is 9.47 Å². The van der Waals surface area contributed by atoms with Gasteiger partial charge in [0.2, 0.25) is 11.8 Å². The third-order valence-corrected chi connectivity index (χ3v) is 7.91. The zero-order chi connectivity index (χ0) is 29.5. The monoisotopic (exact) mass is 567 g/mol. The second kappa shape index (κ2) is 12.9. The third-order valence-electron chi connectivity index (χ3n) is 6.12. The van der Waals surface area contributed by atoms with Crippen molar-refractivity contribution in [2.24, 2.45) is 0 Å². The molecule has 2 amide bonds. The van der Waals surface area contributed by atoms with Gasteiger partial charge >= 0.3 is 0 Å². The summed E-state index contributed by atoms with van der Waals surface area (Å²) >= 11 is 0. The predicted octanol–water partition coefficient (Wildman–Crippen LogP) is 4.23. The summed E-state index contributed by atoms with van der Waals surface area (Å²) in [5.41, 5.74) is 0.524. The van der Waals surface area contributed by atoms with Crippen LogP contribution in [0.3, 0.4) is 0 Å². The maximum Gasteiger partial charge on any atom is 0.264 e. The fraction of sp³-hybridized carbons (Fsp3) is 0.333. The van der Waals surface area contributed by atoms with Gasteiger partial charge in [-0.1, -0.05) is 30.3 Å². The molecule has 0 aromatic heterocycles. The van der Waals surface area contributed by atoms with E-state index in [-0.39, 0.29) is 17.3 Å². The standard InChI is InChI=1S/C30H37N3O6S/c1-22(29(35)31-30(2,3)4)32(20-23-11-10-14-26(19-23)39-6)28(34)21-33(24-12-8-7-9-13-24)40(36,37)27-17-15-25(38-5)16-18-27/h7-19,22H,20-21H2,1-6H3,(H,31,35)/t22-/m0/s1. The number of rotatable bonds is 11. The van der Waals surface area contributed by atoms with Crippen LogP contribution in [0.5, 0.6) is 11.5 Å². The summed E-state index contributed by atoms with van der Waals surface area (Å²) in [6, 6.07) is 20.6. The number of ether oxygens (including phenoxy) is 2. The lowest BCUT2D eigenvalue weighted by Gasteiger charge is -2.33. The third kappa shape index (κ3) is 7.75. The van der Waals surface area contributed by atoms with Gasteiger partial charge in [0.1, 0.15) is 24.1 Å². The van der Waals surface area contributed by atoms with Crippen molar-refractivity contribution in [3.63, 3.8) is 0 Å². The van der Waals surface area contributed by atoms with Gasteiger partial charge < -0.3 is 19.7 Å². The fourth-order valence-corrected chi connectivity index (χ4v) is 5.44. The van der Waals surface area contributed by atoms with Gasteiger partial charge in [-0.3, -0.25) is 13.9 Å². The molecule has 0 bridgehead atoms. The summed E-state index contributed by atoms with van der Waals surface area (Å²) in [4.78, 5) is 28.5. The highest BCUT2D eigenvalue weighted by Crippen LogP contribution is 2.26. The van der Waals surface area contributed by atoms with Crippen LogP contribution in [0.25, 0.3) is 0 Å². The number of anilines is 1. The topological polar surface area (TPSA) is 105 Å². The van der Waals surface area contributed by atoms with Crippen molar-refractivity contribution >= 4 is 27.5 Å². The number of hydrogen-bond acceptors (Lipinski definition) is 6. The molecule has 1 atom stereocenters. The normalized spacial score (nSPS) is 12.2. The largest absolute Gasteiger partial charge is 0.497 e. The summed E-state index contributed by atoms with van der Waals surface area (Å²) in [6.07, 6.45) is 0. The Balaban J connectivity index is 2.02. The summed E-state index contributed by atoms with van der Waals surface area (Å²) in [5, 5.41) is 2.91. The molecular weight excluding hydrogens is 530 g/mol. The Kier molecular flexibility index (Phi) is 9.81. The van der Waals surface area contributed by atoms with Gasteiger partial charge in [0.15, 0.2) is 0 Å². The molecule has 0 aliphatic heterocycles. The summed E-state index contributed by atoms with van der Waals surface area (Å²) in [5.74, 6) is 0.211. The Morgan fingerprint density at radius 2 is 1.50 bits per heavy atom. The molecule has 0 aliphatic carbocycles. The quantitative estimate of drug-likeness (QED) is 0.372. The van der Waals surface area contributed by atoms with E-state index in [0.29, 0.717) is 17.2 Å². The molecule has 1 N–H and O–H groups in total. The number of nitrogens with one attached hydrogen (secondary N) is 1. The number of sulfonamides is 1. The lowest BCUT2D eigenvalue weighted by molar-refractivity contribution is -0.140. The van der Waals surface area contributed by atoms with E-state index in [2.05, 4.69) is 5.32 Å². The van der Waals surface area contributed by atoms with Crippen LogP contribution in [0.4, 0.5) is 5.69 Å². The second-order valence-corrected chi connectivity index (χ2v) is 12.2. The second-order valence-electron chi connectivity index (χ2n) is 10.3. The van der Waals surface area contributed by atoms with E-state index < -0.39 is 34.1 Å². The van der Waals surface area contributed by atoms with Crippen LogP contribution in [0.1, 0.15) is 33.3 Å². The number of benzene rings is 3. The number of hydrogen-bond donors (Lipinski definition) is 1. The van der Waals surface area contributed by atoms with Gasteiger partial charge in [-0.05, 0) is 81.8 Å². The first-order chi connectivity index (χ1) is 18.9. The van der Waals surface area contributed by atoms with Crippen LogP contribution in [-0.4, -0.2) is 57.5 Å². The minimum Gasteiger partial charge on any atom is -0.497 e. The van der Waals surface area contributed by atoms with Crippen molar-refractivity contribution in [2.45, 2.75) is 50.7 Å². The molecule has 0 saturated heterocycles. The first-order valence-electron chi connectivity index (χ1n) is 12.8. The summed E-state index contributed by atoms with van der Waals surface area (Å²) in [6.45, 7) is 6.73. The van der Waals surface area contributed by atoms with E-state index in [1.165, 1.54) is 24.1 Å². The van der Waals surface area contributed by atoms with Gasteiger partial charge in [0, 0.05) is 12.1 Å². The lowest BCUT2D eigenvalue weighted by atomic mass is 10.1. The number of carbonyl (C=O) groups excluding carboxylic acids is 2. The fourth-order valence-electron chi connectivity index (χ4n) is 4.02.